The number of halogens is 2. The van der Waals surface area contributed by atoms with Crippen LogP contribution in [0, 0.1) is 103 Å². The molecule has 0 unspecified atom stereocenters. The van der Waals surface area contributed by atoms with E-state index in [1.807, 2.05) is 22.8 Å². The van der Waals surface area contributed by atoms with Crippen LogP contribution in [0.2, 0.25) is 0 Å². The summed E-state index contributed by atoms with van der Waals surface area (Å²) in [6, 6.07) is 26.3. The van der Waals surface area contributed by atoms with Gasteiger partial charge in [0.1, 0.15) is 0 Å². The number of benzene rings is 5. The molecule has 4 nitrogen and oxygen atoms in total. The Labute approximate surface area is 357 Å². The summed E-state index contributed by atoms with van der Waals surface area (Å²) in [5.41, 5.74) is 24.1. The van der Waals surface area contributed by atoms with E-state index in [0.29, 0.717) is 0 Å². The zero-order valence-electron chi connectivity index (χ0n) is 36.4. The Kier molecular flexibility index (Phi) is 15.2. The fourth-order valence-corrected chi connectivity index (χ4v) is 10.9. The molecule has 0 atom stereocenters. The van der Waals surface area contributed by atoms with E-state index in [-0.39, 0.29) is 0 Å². The van der Waals surface area contributed by atoms with Crippen LogP contribution >= 0.6 is 19.4 Å². The first kappa shape index (κ1) is 44.5. The van der Waals surface area contributed by atoms with Gasteiger partial charge in [0.05, 0.1) is 0 Å². The molecule has 2 aliphatic heterocycles. The first-order valence-electron chi connectivity index (χ1n) is 19.9. The van der Waals surface area contributed by atoms with E-state index in [4.69, 9.17) is 19.4 Å². The molecule has 0 N–H and O–H groups in total. The van der Waals surface area contributed by atoms with E-state index >= 15 is 0 Å². The molecule has 306 valence electrons. The minimum atomic E-state index is -1.64. The van der Waals surface area contributed by atoms with Crippen LogP contribution in [0.25, 0.3) is 0 Å². The van der Waals surface area contributed by atoms with Gasteiger partial charge in [0.25, 0.3) is 0 Å². The summed E-state index contributed by atoms with van der Waals surface area (Å²) >= 11 is -1.64. The number of hydrogen-bond donors (Lipinski definition) is 0. The van der Waals surface area contributed by atoms with E-state index in [2.05, 4.69) is 178 Å². The van der Waals surface area contributed by atoms with Crippen molar-refractivity contribution >= 4 is 46.7 Å². The van der Waals surface area contributed by atoms with Crippen molar-refractivity contribution in [3.8, 4) is 0 Å². The molecule has 0 saturated carbocycles. The molecule has 0 aliphatic carbocycles. The molecule has 7 rings (SSSR count). The van der Waals surface area contributed by atoms with Crippen molar-refractivity contribution in [2.45, 2.75) is 90.0 Å². The summed E-state index contributed by atoms with van der Waals surface area (Å²) in [6.07, 6.45) is 0. The van der Waals surface area contributed by atoms with Gasteiger partial charge in [-0.15, -0.1) is 0 Å². The second-order valence-corrected chi connectivity index (χ2v) is 21.9. The van der Waals surface area contributed by atoms with Gasteiger partial charge in [-0.3, -0.25) is 0 Å². The first-order valence-corrected chi connectivity index (χ1v) is 25.4. The predicted molar refractivity (Wildman–Crippen MR) is 249 cm³/mol. The third-order valence-corrected chi connectivity index (χ3v) is 12.6. The molecule has 0 spiro atoms. The van der Waals surface area contributed by atoms with Crippen LogP contribution in [0.1, 0.15) is 77.9 Å². The van der Waals surface area contributed by atoms with Gasteiger partial charge in [-0.05, 0) is 128 Å². The third-order valence-electron chi connectivity index (χ3n) is 10.8. The molecular formula is C50H62Cl2N4Ru-2. The van der Waals surface area contributed by atoms with Crippen LogP contribution in [0.15, 0.2) is 72.8 Å². The molecule has 57 heavy (non-hydrogen) atoms. The predicted octanol–water partition coefficient (Wildman–Crippen LogP) is 13.0. The Morgan fingerprint density at radius 1 is 0.404 bits per heavy atom. The van der Waals surface area contributed by atoms with Crippen molar-refractivity contribution in [1.82, 2.24) is 0 Å². The third kappa shape index (κ3) is 11.1. The monoisotopic (exact) mass is 890 g/mol. The first-order chi connectivity index (χ1) is 26.9. The number of anilines is 4. The SMILES string of the molecule is Cc1cc(C)c(N2[CH-]N(c3c(C)cc(C)cc3C)CC2)c(C)c1.Cc1cc(C)c(N2[CH-]N(c3c(C)cc(C)cc3C)CC2)c(C)c1.Cc1ccccc1[CH]=[Ru]([Cl])[Cl]. The molecule has 0 bridgehead atoms. The van der Waals surface area contributed by atoms with Crippen molar-refractivity contribution in [3.05, 3.63) is 164 Å². The van der Waals surface area contributed by atoms with Gasteiger partial charge in [0.15, 0.2) is 0 Å². The topological polar surface area (TPSA) is 13.0 Å². The van der Waals surface area contributed by atoms with E-state index in [9.17, 15) is 0 Å². The summed E-state index contributed by atoms with van der Waals surface area (Å²) < 4.78 is 1.96. The maximum absolute atomic E-state index is 5.74. The molecule has 0 radical (unpaired) electrons. The van der Waals surface area contributed by atoms with Crippen molar-refractivity contribution in [2.24, 2.45) is 0 Å². The number of aryl methyl sites for hydroxylation is 13. The number of nitrogens with zero attached hydrogens (tertiary/aromatic N) is 4. The van der Waals surface area contributed by atoms with Gasteiger partial charge >= 0.3 is 79.8 Å². The fourth-order valence-electron chi connectivity index (χ4n) is 8.96. The number of hydrogen-bond acceptors (Lipinski definition) is 4. The van der Waals surface area contributed by atoms with Crippen molar-refractivity contribution in [3.63, 3.8) is 0 Å². The van der Waals surface area contributed by atoms with Crippen LogP contribution in [0.3, 0.4) is 0 Å². The summed E-state index contributed by atoms with van der Waals surface area (Å²) in [6.45, 7) is 37.2. The second-order valence-electron chi connectivity index (χ2n) is 16.2. The molecule has 0 amide bonds. The van der Waals surface area contributed by atoms with E-state index in [1.165, 1.54) is 95.1 Å². The molecule has 2 saturated heterocycles. The van der Waals surface area contributed by atoms with E-state index in [0.717, 1.165) is 31.7 Å². The Balaban J connectivity index is 0.000000174. The van der Waals surface area contributed by atoms with Gasteiger partial charge in [-0.2, -0.15) is 13.3 Å². The average molecular weight is 891 g/mol. The summed E-state index contributed by atoms with van der Waals surface area (Å²) in [4.78, 5) is 9.62. The van der Waals surface area contributed by atoms with Crippen LogP contribution in [0.5, 0.6) is 0 Å². The van der Waals surface area contributed by atoms with Crippen LogP contribution in [-0.4, -0.2) is 30.8 Å². The van der Waals surface area contributed by atoms with Crippen molar-refractivity contribution < 1.29 is 13.5 Å². The van der Waals surface area contributed by atoms with Gasteiger partial charge in [0, 0.05) is 48.9 Å². The quantitative estimate of drug-likeness (QED) is 0.129. The van der Waals surface area contributed by atoms with Crippen molar-refractivity contribution in [2.75, 3.05) is 45.8 Å². The molecule has 5 aromatic rings. The molecule has 7 heteroatoms. The summed E-state index contributed by atoms with van der Waals surface area (Å²) in [7, 11) is 11.5. The van der Waals surface area contributed by atoms with Gasteiger partial charge in [0.2, 0.25) is 0 Å². The molecule has 2 aliphatic rings. The van der Waals surface area contributed by atoms with Gasteiger partial charge < -0.3 is 19.6 Å². The molecular weight excluding hydrogens is 829 g/mol. The van der Waals surface area contributed by atoms with Crippen LogP contribution < -0.4 is 19.6 Å². The fraction of sp³-hybridized carbons (Fsp3) is 0.340. The zero-order valence-corrected chi connectivity index (χ0v) is 39.6. The average Bonchev–Trinajstić information content (AvgIpc) is 3.75. The molecule has 2 heterocycles. The molecule has 5 aromatic carbocycles. The summed E-state index contributed by atoms with van der Waals surface area (Å²) in [5.74, 6) is 0. The van der Waals surface area contributed by atoms with Crippen LogP contribution in [0.4, 0.5) is 22.7 Å². The maximum atomic E-state index is 5.74. The second kappa shape index (κ2) is 19.4. The standard InChI is InChI=1S/2C21H27N2.C8H8.2ClH.Ru/c2*1-14-9-16(3)20(17(4)10-14)22-7-8-23(13-22)21-18(5)11-15(2)12-19(21)6;1-7-5-3-4-6-8(7)2;;;/h2*9-13H,7-8H2,1-6H3;1,3-6H,2H3;2*1H;/q2*-1;;;;+2/p-2. The Bertz CT molecular complexity index is 1910. The van der Waals surface area contributed by atoms with Gasteiger partial charge in [-0.25, -0.2) is 0 Å². The normalized spacial score (nSPS) is 14.0. The Morgan fingerprint density at radius 3 is 0.877 bits per heavy atom. The van der Waals surface area contributed by atoms with Crippen molar-refractivity contribution in [1.29, 1.82) is 0 Å². The van der Waals surface area contributed by atoms with Crippen LogP contribution in [-0.2, 0) is 13.5 Å². The van der Waals surface area contributed by atoms with Gasteiger partial charge in [-0.1, -0.05) is 70.8 Å². The molecule has 2 fully saturated rings. The Hall–Kier alpha value is -3.63. The Morgan fingerprint density at radius 2 is 0.649 bits per heavy atom. The van der Waals surface area contributed by atoms with E-state index < -0.39 is 13.5 Å². The minimum absolute atomic E-state index is 1.04. The summed E-state index contributed by atoms with van der Waals surface area (Å²) in [5, 5.41) is 0. The molecule has 0 aromatic heterocycles. The number of rotatable bonds is 5. The van der Waals surface area contributed by atoms with E-state index in [1.54, 1.807) is 0 Å². The zero-order chi connectivity index (χ0) is 41.7.